The van der Waals surface area contributed by atoms with E-state index in [1.54, 1.807) is 0 Å². The van der Waals surface area contributed by atoms with Crippen molar-refractivity contribution in [3.8, 4) is 0 Å². The molecule has 0 saturated carbocycles. The zero-order chi connectivity index (χ0) is 19.6. The van der Waals surface area contributed by atoms with Crippen molar-refractivity contribution in [3.63, 3.8) is 0 Å². The molecule has 0 fully saturated rings. The van der Waals surface area contributed by atoms with E-state index in [4.69, 9.17) is 0 Å². The maximum atomic E-state index is 12.3. The number of carbonyl (C=O) groups excluding carboxylic acids is 1. The highest BCUT2D eigenvalue weighted by Gasteiger charge is 2.26. The molecule has 4 rings (SSSR count). The Morgan fingerprint density at radius 2 is 2.04 bits per heavy atom. The number of fused-ring (bicyclic) bond motifs is 1. The number of nitrogens with zero attached hydrogens (tertiary/aromatic N) is 3. The quantitative estimate of drug-likeness (QED) is 0.748. The summed E-state index contributed by atoms with van der Waals surface area (Å²) in [5.74, 6) is 0.572. The van der Waals surface area contributed by atoms with Gasteiger partial charge in [-0.05, 0) is 34.9 Å². The predicted molar refractivity (Wildman–Crippen MR) is 111 cm³/mol. The summed E-state index contributed by atoms with van der Waals surface area (Å²) in [6.45, 7) is 2.21. The lowest BCUT2D eigenvalue weighted by molar-refractivity contribution is -0.116. The third-order valence-electron chi connectivity index (χ3n) is 5.30. The minimum Gasteiger partial charge on any atom is -0.311 e. The summed E-state index contributed by atoms with van der Waals surface area (Å²) in [5, 5.41) is 9.43. The average Bonchev–Trinajstić information content (AvgIpc) is 3.14. The van der Waals surface area contributed by atoms with Gasteiger partial charge in [0, 0.05) is 36.8 Å². The van der Waals surface area contributed by atoms with Gasteiger partial charge in [-0.25, -0.2) is 4.98 Å². The Morgan fingerprint density at radius 3 is 2.79 bits per heavy atom. The molecule has 5 heteroatoms. The minimum atomic E-state index is -0.114. The van der Waals surface area contributed by atoms with Crippen LogP contribution >= 0.6 is 0 Å². The first-order valence-corrected chi connectivity index (χ1v) is 9.54. The molecule has 0 spiro atoms. The monoisotopic (exact) mass is 372 g/mol. The summed E-state index contributed by atoms with van der Waals surface area (Å²) in [4.78, 5) is 16.7. The van der Waals surface area contributed by atoms with Crippen LogP contribution in [0.3, 0.4) is 0 Å². The number of hydrogen-bond acceptors (Lipinski definition) is 3. The molecule has 1 atom stereocenters. The number of aryl methyl sites for hydroxylation is 2. The lowest BCUT2D eigenvalue weighted by Crippen LogP contribution is -2.35. The van der Waals surface area contributed by atoms with Gasteiger partial charge in [0.25, 0.3) is 0 Å². The van der Waals surface area contributed by atoms with Gasteiger partial charge < -0.3 is 5.32 Å². The Bertz CT molecular complexity index is 1120. The molecule has 2 heterocycles. The minimum absolute atomic E-state index is 0.0221. The van der Waals surface area contributed by atoms with E-state index in [1.165, 1.54) is 5.56 Å². The van der Waals surface area contributed by atoms with Crippen molar-refractivity contribution in [2.24, 2.45) is 7.05 Å². The fourth-order valence-corrected chi connectivity index (χ4v) is 3.59. The summed E-state index contributed by atoms with van der Waals surface area (Å²) in [6.07, 6.45) is 12.3. The molecule has 2 aromatic heterocycles. The standard InChI is InChI=1S/C23H24N4O/c1-23(20-15-25-27(2)16-20)11-10-18-14-24-21(12-19(18)13-23)26-22(28)9-8-17-6-4-3-5-7-17/h3-7,10,12-16H,8-9,11H2,1-2H3,(H,26,28). The van der Waals surface area contributed by atoms with Crippen molar-refractivity contribution in [1.29, 1.82) is 0 Å². The maximum Gasteiger partial charge on any atom is 0.225 e. The van der Waals surface area contributed by atoms with E-state index in [2.05, 4.69) is 40.7 Å². The third-order valence-corrected chi connectivity index (χ3v) is 5.30. The number of carbonyl (C=O) groups is 1. The second-order valence-electron chi connectivity index (χ2n) is 7.60. The zero-order valence-corrected chi connectivity index (χ0v) is 16.2. The van der Waals surface area contributed by atoms with Gasteiger partial charge in [-0.3, -0.25) is 9.48 Å². The molecule has 28 heavy (non-hydrogen) atoms. The molecule has 5 nitrogen and oxygen atoms in total. The number of anilines is 1. The zero-order valence-electron chi connectivity index (χ0n) is 16.2. The van der Waals surface area contributed by atoms with Crippen molar-refractivity contribution in [2.45, 2.75) is 31.6 Å². The molecule has 0 bridgehead atoms. The number of amides is 1. The molecular weight excluding hydrogens is 348 g/mol. The Balaban J connectivity index is 1.51. The lowest BCUT2D eigenvalue weighted by Gasteiger charge is -2.25. The van der Waals surface area contributed by atoms with E-state index in [-0.39, 0.29) is 11.3 Å². The van der Waals surface area contributed by atoms with Crippen molar-refractivity contribution in [1.82, 2.24) is 14.8 Å². The van der Waals surface area contributed by atoms with Crippen LogP contribution in [0.5, 0.6) is 0 Å². The van der Waals surface area contributed by atoms with Gasteiger partial charge in [-0.1, -0.05) is 49.4 Å². The second-order valence-corrected chi connectivity index (χ2v) is 7.60. The van der Waals surface area contributed by atoms with Gasteiger partial charge >= 0.3 is 0 Å². The van der Waals surface area contributed by atoms with Crippen molar-refractivity contribution >= 4 is 23.9 Å². The van der Waals surface area contributed by atoms with Crippen LogP contribution < -0.4 is 15.8 Å². The smallest absolute Gasteiger partial charge is 0.225 e. The highest BCUT2D eigenvalue weighted by molar-refractivity contribution is 5.89. The van der Waals surface area contributed by atoms with Gasteiger partial charge in [0.1, 0.15) is 5.82 Å². The largest absolute Gasteiger partial charge is 0.311 e. The molecule has 0 saturated heterocycles. The molecule has 1 unspecified atom stereocenters. The van der Waals surface area contributed by atoms with Gasteiger partial charge in [-0.2, -0.15) is 5.10 Å². The first-order valence-electron chi connectivity index (χ1n) is 9.54. The van der Waals surface area contributed by atoms with Gasteiger partial charge in [-0.15, -0.1) is 0 Å². The first kappa shape index (κ1) is 18.2. The molecule has 1 N–H and O–H groups in total. The van der Waals surface area contributed by atoms with Crippen LogP contribution in [0.4, 0.5) is 5.82 Å². The fourth-order valence-electron chi connectivity index (χ4n) is 3.59. The van der Waals surface area contributed by atoms with E-state index >= 15 is 0 Å². The fraction of sp³-hybridized carbons (Fsp3) is 0.261. The predicted octanol–water partition coefficient (Wildman–Crippen LogP) is 2.31. The van der Waals surface area contributed by atoms with Crippen LogP contribution in [-0.2, 0) is 23.7 Å². The summed E-state index contributed by atoms with van der Waals surface area (Å²) < 4.78 is 1.83. The van der Waals surface area contributed by atoms with Crippen LogP contribution in [-0.4, -0.2) is 20.7 Å². The Labute approximate surface area is 164 Å². The number of nitrogens with one attached hydrogen (secondary N) is 1. The molecule has 1 aromatic carbocycles. The Kier molecular flexibility index (Phi) is 4.82. The number of hydrogen-bond donors (Lipinski definition) is 1. The molecule has 1 aliphatic carbocycles. The Hall–Kier alpha value is -3.21. The van der Waals surface area contributed by atoms with Gasteiger partial charge in [0.2, 0.25) is 5.91 Å². The molecule has 0 aliphatic heterocycles. The SMILES string of the molecule is Cn1cc(C2(C)C=c3cc(NC(=O)CCc4ccccc4)ncc3=CC2)cn1. The maximum absolute atomic E-state index is 12.3. The van der Waals surface area contributed by atoms with E-state index < -0.39 is 0 Å². The van der Waals surface area contributed by atoms with Gasteiger partial charge in [0.15, 0.2) is 0 Å². The number of aromatic nitrogens is 3. The first-order chi connectivity index (χ1) is 13.5. The summed E-state index contributed by atoms with van der Waals surface area (Å²) >= 11 is 0. The molecule has 142 valence electrons. The van der Waals surface area contributed by atoms with E-state index in [0.29, 0.717) is 12.2 Å². The number of rotatable bonds is 5. The number of pyridine rings is 1. The molecule has 1 amide bonds. The highest BCUT2D eigenvalue weighted by atomic mass is 16.1. The topological polar surface area (TPSA) is 59.8 Å². The van der Waals surface area contributed by atoms with Crippen LogP contribution in [0.2, 0.25) is 0 Å². The van der Waals surface area contributed by atoms with Crippen LogP contribution in [0.15, 0.2) is 55.0 Å². The normalized spacial score (nSPS) is 17.9. The molecule has 0 radical (unpaired) electrons. The third kappa shape index (κ3) is 3.88. The van der Waals surface area contributed by atoms with E-state index in [9.17, 15) is 4.79 Å². The lowest BCUT2D eigenvalue weighted by atomic mass is 9.78. The summed E-state index contributed by atoms with van der Waals surface area (Å²) in [7, 11) is 1.93. The van der Waals surface area contributed by atoms with Crippen molar-refractivity contribution in [2.75, 3.05) is 5.32 Å². The highest BCUT2D eigenvalue weighted by Crippen LogP contribution is 2.30. The summed E-state index contributed by atoms with van der Waals surface area (Å²) in [6, 6.07) is 12.0. The molecule has 1 aliphatic rings. The second kappa shape index (κ2) is 7.43. The molecule has 3 aromatic rings. The van der Waals surface area contributed by atoms with Crippen molar-refractivity contribution in [3.05, 3.63) is 76.6 Å². The summed E-state index contributed by atoms with van der Waals surface area (Å²) in [5.41, 5.74) is 2.23. The van der Waals surface area contributed by atoms with E-state index in [0.717, 1.165) is 28.8 Å². The van der Waals surface area contributed by atoms with Crippen LogP contribution in [0.1, 0.15) is 30.9 Å². The van der Waals surface area contributed by atoms with Gasteiger partial charge in [0.05, 0.1) is 6.20 Å². The Morgan fingerprint density at radius 1 is 1.21 bits per heavy atom. The number of benzene rings is 1. The molecular formula is C23H24N4O. The van der Waals surface area contributed by atoms with E-state index in [1.807, 2.05) is 60.5 Å². The average molecular weight is 372 g/mol. The van der Waals surface area contributed by atoms with Crippen LogP contribution in [0.25, 0.3) is 12.2 Å². The van der Waals surface area contributed by atoms with Crippen LogP contribution in [0, 0.1) is 0 Å². The van der Waals surface area contributed by atoms with Crippen molar-refractivity contribution < 1.29 is 4.79 Å².